The molecule has 24 heavy (non-hydrogen) atoms. The van der Waals surface area contributed by atoms with E-state index >= 15 is 0 Å². The number of para-hydroxylation sites is 1. The van der Waals surface area contributed by atoms with Crippen molar-refractivity contribution in [1.29, 1.82) is 0 Å². The van der Waals surface area contributed by atoms with Crippen LogP contribution in [0.5, 0.6) is 0 Å². The Morgan fingerprint density at radius 1 is 1.50 bits per heavy atom. The van der Waals surface area contributed by atoms with Crippen molar-refractivity contribution < 1.29 is 14.1 Å². The van der Waals surface area contributed by atoms with Crippen LogP contribution in [-0.4, -0.2) is 29.3 Å². The number of benzene rings is 1. The Morgan fingerprint density at radius 2 is 2.29 bits per heavy atom. The third kappa shape index (κ3) is 3.26. The van der Waals surface area contributed by atoms with Crippen LogP contribution in [0.4, 0.5) is 10.5 Å². The maximum Gasteiger partial charge on any atom is 0.322 e. The quantitative estimate of drug-likeness (QED) is 0.911. The summed E-state index contributed by atoms with van der Waals surface area (Å²) < 4.78 is 10.6. The molecular weight excluding hydrogens is 308 g/mol. The number of urea groups is 1. The molecule has 0 unspecified atom stereocenters. The van der Waals surface area contributed by atoms with Gasteiger partial charge in [0.15, 0.2) is 5.82 Å². The number of carbonyl (C=O) groups is 1. The van der Waals surface area contributed by atoms with Gasteiger partial charge in [-0.25, -0.2) is 4.79 Å². The van der Waals surface area contributed by atoms with Gasteiger partial charge < -0.3 is 14.6 Å². The van der Waals surface area contributed by atoms with Crippen molar-refractivity contribution in [3.05, 3.63) is 41.5 Å². The van der Waals surface area contributed by atoms with Gasteiger partial charge in [-0.2, -0.15) is 4.98 Å². The lowest BCUT2D eigenvalue weighted by Gasteiger charge is -2.17. The van der Waals surface area contributed by atoms with Crippen LogP contribution >= 0.6 is 0 Å². The van der Waals surface area contributed by atoms with Gasteiger partial charge in [0.25, 0.3) is 0 Å². The zero-order chi connectivity index (χ0) is 17.1. The maximum absolute atomic E-state index is 12.5. The van der Waals surface area contributed by atoms with Gasteiger partial charge in [-0.15, -0.1) is 0 Å². The monoisotopic (exact) mass is 330 g/mol. The largest absolute Gasteiger partial charge is 0.371 e. The van der Waals surface area contributed by atoms with Crippen molar-refractivity contribution in [1.82, 2.24) is 15.5 Å². The number of aromatic nitrogens is 2. The molecule has 1 aromatic carbocycles. The number of hydrogen-bond acceptors (Lipinski definition) is 5. The van der Waals surface area contributed by atoms with Crippen LogP contribution in [0.2, 0.25) is 0 Å². The first kappa shape index (κ1) is 16.4. The number of anilines is 1. The van der Waals surface area contributed by atoms with Crippen LogP contribution in [-0.2, 0) is 11.3 Å². The fraction of sp³-hybridized carbons (Fsp3) is 0.471. The number of nitrogens with zero attached hydrogens (tertiary/aromatic N) is 3. The van der Waals surface area contributed by atoms with E-state index in [0.717, 1.165) is 5.69 Å². The highest BCUT2D eigenvalue weighted by Gasteiger charge is 2.29. The zero-order valence-corrected chi connectivity index (χ0v) is 14.2. The van der Waals surface area contributed by atoms with Gasteiger partial charge in [-0.1, -0.05) is 30.3 Å². The summed E-state index contributed by atoms with van der Waals surface area (Å²) in [5.41, 5.74) is 2.15. The number of ether oxygens (including phenoxy) is 1. The summed E-state index contributed by atoms with van der Waals surface area (Å²) in [6.07, 6.45) is -0.227. The first-order valence-corrected chi connectivity index (χ1v) is 8.18. The summed E-state index contributed by atoms with van der Waals surface area (Å²) in [4.78, 5) is 18.5. The van der Waals surface area contributed by atoms with Crippen molar-refractivity contribution in [3.63, 3.8) is 0 Å². The first-order chi connectivity index (χ1) is 11.6. The average molecular weight is 330 g/mol. The maximum atomic E-state index is 12.5. The second kappa shape index (κ2) is 7.00. The van der Waals surface area contributed by atoms with E-state index in [-0.39, 0.29) is 18.7 Å². The Balaban J connectivity index is 1.61. The average Bonchev–Trinajstić information content (AvgIpc) is 3.19. The van der Waals surface area contributed by atoms with E-state index < -0.39 is 0 Å². The molecule has 0 fully saturated rings. The molecule has 2 heterocycles. The molecule has 0 aliphatic carbocycles. The van der Waals surface area contributed by atoms with Crippen LogP contribution in [0.1, 0.15) is 50.1 Å². The lowest BCUT2D eigenvalue weighted by Crippen LogP contribution is -2.38. The van der Waals surface area contributed by atoms with Crippen LogP contribution < -0.4 is 10.2 Å². The fourth-order valence-electron chi connectivity index (χ4n) is 2.89. The van der Waals surface area contributed by atoms with E-state index in [1.807, 2.05) is 32.0 Å². The zero-order valence-electron chi connectivity index (χ0n) is 14.2. The second-order valence-electron chi connectivity index (χ2n) is 5.87. The molecule has 1 aromatic heterocycles. The van der Waals surface area contributed by atoms with E-state index in [2.05, 4.69) is 28.4 Å². The van der Waals surface area contributed by atoms with E-state index in [1.165, 1.54) is 5.56 Å². The number of carbonyl (C=O) groups excluding carboxylic acids is 1. The summed E-state index contributed by atoms with van der Waals surface area (Å²) in [6.45, 7) is 7.32. The fourth-order valence-corrected chi connectivity index (χ4v) is 2.89. The summed E-state index contributed by atoms with van der Waals surface area (Å²) in [5, 5.41) is 6.72. The topological polar surface area (TPSA) is 80.5 Å². The highest BCUT2D eigenvalue weighted by Crippen LogP contribution is 2.35. The minimum atomic E-state index is -0.227. The molecule has 2 aromatic rings. The third-order valence-corrected chi connectivity index (χ3v) is 4.11. The molecule has 7 nitrogen and oxygen atoms in total. The number of rotatable bonds is 5. The predicted molar refractivity (Wildman–Crippen MR) is 88.8 cm³/mol. The Kier molecular flexibility index (Phi) is 4.80. The Bertz CT molecular complexity index is 715. The highest BCUT2D eigenvalue weighted by atomic mass is 16.5. The van der Waals surface area contributed by atoms with Crippen molar-refractivity contribution in [2.45, 2.75) is 39.3 Å². The molecular formula is C17H22N4O3. The van der Waals surface area contributed by atoms with Gasteiger partial charge in [0.1, 0.15) is 6.10 Å². The van der Waals surface area contributed by atoms with Gasteiger partial charge in [0.05, 0.1) is 6.54 Å². The van der Waals surface area contributed by atoms with Gasteiger partial charge in [-0.3, -0.25) is 4.90 Å². The van der Waals surface area contributed by atoms with E-state index in [0.29, 0.717) is 30.8 Å². The normalized spacial score (nSPS) is 17.6. The van der Waals surface area contributed by atoms with Gasteiger partial charge in [-0.05, 0) is 25.5 Å². The Morgan fingerprint density at radius 3 is 3.08 bits per heavy atom. The summed E-state index contributed by atoms with van der Waals surface area (Å²) in [6, 6.07) is 7.80. The summed E-state index contributed by atoms with van der Waals surface area (Å²) >= 11 is 0. The molecule has 0 saturated heterocycles. The molecule has 3 rings (SSSR count). The minimum Gasteiger partial charge on any atom is -0.371 e. The van der Waals surface area contributed by atoms with Crippen LogP contribution in [0, 0.1) is 0 Å². The van der Waals surface area contributed by atoms with E-state index in [9.17, 15) is 4.79 Å². The molecule has 0 spiro atoms. The number of nitrogens with one attached hydrogen (secondary N) is 1. The third-order valence-electron chi connectivity index (χ3n) is 4.11. The van der Waals surface area contributed by atoms with Crippen molar-refractivity contribution >= 4 is 11.7 Å². The number of fused-ring (bicyclic) bond motifs is 1. The predicted octanol–water partition coefficient (Wildman–Crippen LogP) is 3.00. The molecule has 128 valence electrons. The van der Waals surface area contributed by atoms with Crippen LogP contribution in [0.3, 0.4) is 0 Å². The number of hydrogen-bond donors (Lipinski definition) is 1. The SMILES string of the molecule is CCO[C@H](C)c1noc(CNC(=O)N2C[C@@H](C)c3ccccc32)n1. The van der Waals surface area contributed by atoms with Crippen molar-refractivity contribution in [3.8, 4) is 0 Å². The molecule has 1 aliphatic heterocycles. The van der Waals surface area contributed by atoms with Crippen molar-refractivity contribution in [2.75, 3.05) is 18.1 Å². The van der Waals surface area contributed by atoms with Gasteiger partial charge >= 0.3 is 6.03 Å². The molecule has 1 aliphatic rings. The van der Waals surface area contributed by atoms with Crippen LogP contribution in [0.25, 0.3) is 0 Å². The van der Waals surface area contributed by atoms with Crippen LogP contribution in [0.15, 0.2) is 28.8 Å². The highest BCUT2D eigenvalue weighted by molar-refractivity contribution is 5.94. The molecule has 0 saturated carbocycles. The number of amides is 2. The summed E-state index contributed by atoms with van der Waals surface area (Å²) in [7, 11) is 0. The molecule has 0 radical (unpaired) electrons. The van der Waals surface area contributed by atoms with Gasteiger partial charge in [0.2, 0.25) is 5.89 Å². The molecule has 7 heteroatoms. The van der Waals surface area contributed by atoms with Gasteiger partial charge in [0, 0.05) is 24.8 Å². The summed E-state index contributed by atoms with van der Waals surface area (Å²) in [5.74, 6) is 1.18. The standard InChI is InChI=1S/C17H22N4O3/c1-4-23-12(3)16-19-15(24-20-16)9-18-17(22)21-10-11(2)13-7-5-6-8-14(13)21/h5-8,11-12H,4,9-10H2,1-3H3,(H,18,22)/t11-,12-/m1/s1. The minimum absolute atomic E-state index is 0.163. The van der Waals surface area contributed by atoms with Crippen molar-refractivity contribution in [2.24, 2.45) is 0 Å². The lowest BCUT2D eigenvalue weighted by atomic mass is 10.0. The molecule has 0 bridgehead atoms. The van der Waals surface area contributed by atoms with E-state index in [4.69, 9.17) is 9.26 Å². The molecule has 2 amide bonds. The Labute approximate surface area is 141 Å². The smallest absolute Gasteiger partial charge is 0.322 e. The second-order valence-corrected chi connectivity index (χ2v) is 5.87. The Hall–Kier alpha value is -2.41. The molecule has 1 N–H and O–H groups in total. The first-order valence-electron chi connectivity index (χ1n) is 8.18. The molecule has 2 atom stereocenters. The van der Waals surface area contributed by atoms with E-state index in [1.54, 1.807) is 4.90 Å². The lowest BCUT2D eigenvalue weighted by molar-refractivity contribution is 0.0683.